The SMILES string of the molecule is CS(=O)(=O)CC[C@H](NC(=O)c1cc(C(F)(F)F)ccc1N)C(=O)N[C@@H]1CCN(Cc2ccc(Cl)c(Cl)c2)C1. The van der Waals surface area contributed by atoms with Crippen LogP contribution in [0.15, 0.2) is 36.4 Å². The zero-order valence-electron chi connectivity index (χ0n) is 20.3. The van der Waals surface area contributed by atoms with Gasteiger partial charge in [-0.25, -0.2) is 8.42 Å². The normalized spacial score (nSPS) is 17.3. The number of sulfone groups is 1. The summed E-state index contributed by atoms with van der Waals surface area (Å²) in [5.74, 6) is -2.08. The molecule has 1 aliphatic heterocycles. The molecule has 1 heterocycles. The summed E-state index contributed by atoms with van der Waals surface area (Å²) in [7, 11) is -3.50. The molecule has 0 spiro atoms. The van der Waals surface area contributed by atoms with Gasteiger partial charge in [-0.3, -0.25) is 14.5 Å². The molecule has 2 aromatic carbocycles. The second kappa shape index (κ2) is 12.1. The Labute approximate surface area is 228 Å². The first-order valence-electron chi connectivity index (χ1n) is 11.5. The number of anilines is 1. The van der Waals surface area contributed by atoms with E-state index >= 15 is 0 Å². The van der Waals surface area contributed by atoms with E-state index in [-0.39, 0.29) is 18.2 Å². The minimum atomic E-state index is -4.71. The summed E-state index contributed by atoms with van der Waals surface area (Å²) in [4.78, 5) is 28.0. The number of halogens is 5. The first-order chi connectivity index (χ1) is 17.6. The van der Waals surface area contributed by atoms with Crippen LogP contribution in [0, 0.1) is 0 Å². The third-order valence-corrected chi connectivity index (χ3v) is 7.75. The lowest BCUT2D eigenvalue weighted by Crippen LogP contribution is -2.50. The van der Waals surface area contributed by atoms with Crippen LogP contribution < -0.4 is 16.4 Å². The van der Waals surface area contributed by atoms with Gasteiger partial charge in [0.25, 0.3) is 5.91 Å². The summed E-state index contributed by atoms with van der Waals surface area (Å²) in [5.41, 5.74) is 4.88. The summed E-state index contributed by atoms with van der Waals surface area (Å²) < 4.78 is 62.8. The third kappa shape index (κ3) is 8.48. The number of rotatable bonds is 9. The summed E-state index contributed by atoms with van der Waals surface area (Å²) in [5, 5.41) is 6.04. The van der Waals surface area contributed by atoms with Crippen molar-refractivity contribution in [2.24, 2.45) is 0 Å². The molecule has 4 N–H and O–H groups in total. The lowest BCUT2D eigenvalue weighted by molar-refractivity contribution is -0.137. The Balaban J connectivity index is 1.68. The molecule has 0 radical (unpaired) electrons. The molecular weight excluding hydrogens is 568 g/mol. The number of carbonyl (C=O) groups excluding carboxylic acids is 2. The van der Waals surface area contributed by atoms with Gasteiger partial charge in [0.15, 0.2) is 0 Å². The fourth-order valence-electron chi connectivity index (χ4n) is 4.06. The molecule has 8 nitrogen and oxygen atoms in total. The minimum Gasteiger partial charge on any atom is -0.398 e. The van der Waals surface area contributed by atoms with Crippen molar-refractivity contribution >= 4 is 50.5 Å². The van der Waals surface area contributed by atoms with Crippen LogP contribution in [0.5, 0.6) is 0 Å². The number of hydrogen-bond acceptors (Lipinski definition) is 6. The Morgan fingerprint density at radius 2 is 1.87 bits per heavy atom. The highest BCUT2D eigenvalue weighted by molar-refractivity contribution is 7.90. The Morgan fingerprint density at radius 3 is 2.50 bits per heavy atom. The molecule has 2 amide bonds. The Kier molecular flexibility index (Phi) is 9.56. The van der Waals surface area contributed by atoms with Crippen molar-refractivity contribution in [2.45, 2.75) is 37.6 Å². The van der Waals surface area contributed by atoms with Gasteiger partial charge in [-0.15, -0.1) is 0 Å². The fraction of sp³-hybridized carbons (Fsp3) is 0.417. The van der Waals surface area contributed by atoms with Gasteiger partial charge in [0.1, 0.15) is 15.9 Å². The number of nitrogens with two attached hydrogens (primary N) is 1. The molecule has 0 aromatic heterocycles. The predicted octanol–water partition coefficient (Wildman–Crippen LogP) is 3.52. The van der Waals surface area contributed by atoms with E-state index < -0.39 is 50.7 Å². The van der Waals surface area contributed by atoms with Gasteiger partial charge in [-0.1, -0.05) is 29.3 Å². The number of carbonyl (C=O) groups is 2. The van der Waals surface area contributed by atoms with Crippen LogP contribution in [0.25, 0.3) is 0 Å². The second-order valence-electron chi connectivity index (χ2n) is 9.22. The van der Waals surface area contributed by atoms with Crippen LogP contribution in [0.1, 0.15) is 34.3 Å². The number of benzene rings is 2. The van der Waals surface area contributed by atoms with Crippen molar-refractivity contribution in [1.29, 1.82) is 0 Å². The van der Waals surface area contributed by atoms with E-state index in [1.807, 2.05) is 6.07 Å². The fourth-order valence-corrected chi connectivity index (χ4v) is 5.04. The van der Waals surface area contributed by atoms with Crippen molar-refractivity contribution in [1.82, 2.24) is 15.5 Å². The van der Waals surface area contributed by atoms with Gasteiger partial charge in [0, 0.05) is 37.6 Å². The van der Waals surface area contributed by atoms with Crippen molar-refractivity contribution in [3.8, 4) is 0 Å². The van der Waals surface area contributed by atoms with Crippen LogP contribution in [0.4, 0.5) is 18.9 Å². The Bertz CT molecular complexity index is 1310. The smallest absolute Gasteiger partial charge is 0.398 e. The number of nitrogens with zero attached hydrogens (tertiary/aromatic N) is 1. The van der Waals surface area contributed by atoms with Crippen LogP contribution in [-0.2, 0) is 27.4 Å². The predicted molar refractivity (Wildman–Crippen MR) is 140 cm³/mol. The molecule has 2 aromatic rings. The van der Waals surface area contributed by atoms with E-state index in [1.165, 1.54) is 0 Å². The maximum Gasteiger partial charge on any atom is 0.416 e. The summed E-state index contributed by atoms with van der Waals surface area (Å²) in [6.07, 6.45) is -3.40. The summed E-state index contributed by atoms with van der Waals surface area (Å²) in [6, 6.07) is 5.97. The van der Waals surface area contributed by atoms with E-state index in [0.29, 0.717) is 42.2 Å². The number of alkyl halides is 3. The van der Waals surface area contributed by atoms with Gasteiger partial charge in [0.05, 0.1) is 26.9 Å². The maximum absolute atomic E-state index is 13.1. The standard InChI is InChI=1S/C24H27Cl2F3N4O4S/c1-38(36,37)9-7-21(32-22(34)17-11-15(24(27,28)29)3-5-20(17)30)23(35)31-16-6-8-33(13-16)12-14-2-4-18(25)19(26)10-14/h2-5,10-11,16,21H,6-9,12-13,30H2,1H3,(H,31,35)(H,32,34)/t16-,21+/m1/s1. The lowest BCUT2D eigenvalue weighted by Gasteiger charge is -2.22. The molecule has 38 heavy (non-hydrogen) atoms. The second-order valence-corrected chi connectivity index (χ2v) is 12.3. The molecule has 208 valence electrons. The van der Waals surface area contributed by atoms with Gasteiger partial charge in [0.2, 0.25) is 5.91 Å². The van der Waals surface area contributed by atoms with Crippen molar-refractivity contribution in [2.75, 3.05) is 30.8 Å². The maximum atomic E-state index is 13.1. The average Bonchev–Trinajstić information content (AvgIpc) is 3.24. The lowest BCUT2D eigenvalue weighted by atomic mass is 10.1. The molecule has 0 saturated carbocycles. The molecule has 0 aliphatic carbocycles. The highest BCUT2D eigenvalue weighted by Crippen LogP contribution is 2.31. The highest BCUT2D eigenvalue weighted by Gasteiger charge is 2.33. The minimum absolute atomic E-state index is 0.216. The molecule has 1 saturated heterocycles. The number of nitrogen functional groups attached to an aromatic ring is 1. The largest absolute Gasteiger partial charge is 0.416 e. The van der Waals surface area contributed by atoms with Crippen LogP contribution >= 0.6 is 23.2 Å². The summed E-state index contributed by atoms with van der Waals surface area (Å²) >= 11 is 12.0. The van der Waals surface area contributed by atoms with Gasteiger partial charge >= 0.3 is 6.18 Å². The molecule has 0 unspecified atom stereocenters. The molecule has 14 heteroatoms. The molecule has 0 bridgehead atoms. The van der Waals surface area contributed by atoms with E-state index in [4.69, 9.17) is 28.9 Å². The van der Waals surface area contributed by atoms with Crippen molar-refractivity contribution in [3.63, 3.8) is 0 Å². The van der Waals surface area contributed by atoms with E-state index in [0.717, 1.165) is 24.0 Å². The average molecular weight is 595 g/mol. The van der Waals surface area contributed by atoms with Crippen LogP contribution in [-0.4, -0.2) is 62.3 Å². The molecule has 3 rings (SSSR count). The van der Waals surface area contributed by atoms with Crippen molar-refractivity contribution in [3.05, 3.63) is 63.1 Å². The van der Waals surface area contributed by atoms with Gasteiger partial charge in [-0.2, -0.15) is 13.2 Å². The topological polar surface area (TPSA) is 122 Å². The Morgan fingerprint density at radius 1 is 1.16 bits per heavy atom. The monoisotopic (exact) mass is 594 g/mol. The Hall–Kier alpha value is -2.54. The molecule has 1 fully saturated rings. The van der Waals surface area contributed by atoms with Gasteiger partial charge < -0.3 is 16.4 Å². The zero-order valence-corrected chi connectivity index (χ0v) is 22.6. The third-order valence-electron chi connectivity index (χ3n) is 6.03. The van der Waals surface area contributed by atoms with Crippen LogP contribution in [0.3, 0.4) is 0 Å². The zero-order chi connectivity index (χ0) is 28.3. The quantitative estimate of drug-likeness (QED) is 0.382. The molecular formula is C24H27Cl2F3N4O4S. The van der Waals surface area contributed by atoms with Crippen LogP contribution in [0.2, 0.25) is 10.0 Å². The number of nitrogens with one attached hydrogen (secondary N) is 2. The molecule has 1 aliphatic rings. The number of amides is 2. The van der Waals surface area contributed by atoms with E-state index in [9.17, 15) is 31.2 Å². The summed E-state index contributed by atoms with van der Waals surface area (Å²) in [6.45, 7) is 1.71. The number of likely N-dealkylation sites (tertiary alicyclic amines) is 1. The van der Waals surface area contributed by atoms with Crippen molar-refractivity contribution < 1.29 is 31.2 Å². The first-order valence-corrected chi connectivity index (χ1v) is 14.4. The van der Waals surface area contributed by atoms with E-state index in [2.05, 4.69) is 15.5 Å². The highest BCUT2D eigenvalue weighted by atomic mass is 35.5. The number of hydrogen-bond donors (Lipinski definition) is 3. The molecule has 2 atom stereocenters. The van der Waals surface area contributed by atoms with Gasteiger partial charge in [-0.05, 0) is 48.7 Å². The first kappa shape index (κ1) is 30.0. The van der Waals surface area contributed by atoms with E-state index in [1.54, 1.807) is 12.1 Å².